The Labute approximate surface area is 272 Å². The summed E-state index contributed by atoms with van der Waals surface area (Å²) in [6.07, 6.45) is 10.5. The van der Waals surface area contributed by atoms with Crippen molar-refractivity contribution in [3.05, 3.63) is 0 Å². The first-order chi connectivity index (χ1) is 19.1. The predicted octanol–water partition coefficient (Wildman–Crippen LogP) is 13.5. The molecule has 0 unspecified atom stereocenters. The molecule has 0 aliphatic carbocycles. The van der Waals surface area contributed by atoms with Gasteiger partial charge >= 0.3 is 14.5 Å². The maximum absolute atomic E-state index is 8.40. The molecule has 2 heteroatoms. The summed E-state index contributed by atoms with van der Waals surface area (Å²) in [4.78, 5) is 0. The fourth-order valence-corrected chi connectivity index (χ4v) is 16.2. The van der Waals surface area contributed by atoms with Crippen LogP contribution >= 0.6 is 0 Å². The van der Waals surface area contributed by atoms with Crippen molar-refractivity contribution in [3.8, 4) is 0 Å². The normalized spacial score (nSPS) is 20.2. The van der Waals surface area contributed by atoms with Gasteiger partial charge in [-0.25, -0.2) is 0 Å². The first-order valence-corrected chi connectivity index (χ1v) is 20.6. The third-order valence-electron chi connectivity index (χ3n) is 10.5. The summed E-state index contributed by atoms with van der Waals surface area (Å²) >= 11 is -1.71. The molecule has 0 amide bonds. The first kappa shape index (κ1) is 40.5. The van der Waals surface area contributed by atoms with E-state index in [1.165, 1.54) is 56.6 Å². The minimum atomic E-state index is -1.71. The molecule has 1 saturated heterocycles. The van der Waals surface area contributed by atoms with Crippen LogP contribution in [0.15, 0.2) is 0 Å². The first-order valence-electron chi connectivity index (χ1n) is 18.8. The Kier molecular flexibility index (Phi) is 15.8. The summed E-state index contributed by atoms with van der Waals surface area (Å²) < 4.78 is 8.70. The molecule has 1 fully saturated rings. The van der Waals surface area contributed by atoms with E-state index in [9.17, 15) is 0 Å². The Morgan fingerprint density at radius 2 is 0.643 bits per heavy atom. The van der Waals surface area contributed by atoms with Gasteiger partial charge in [-0.1, -0.05) is 149 Å². The van der Waals surface area contributed by atoms with Crippen molar-refractivity contribution < 1.29 is 3.79 Å². The van der Waals surface area contributed by atoms with E-state index in [4.69, 9.17) is 3.79 Å². The van der Waals surface area contributed by atoms with Gasteiger partial charge in [-0.15, -0.1) is 0 Å². The molecule has 0 aromatic rings. The minimum absolute atomic E-state index is 0.0448. The highest BCUT2D eigenvalue weighted by Crippen LogP contribution is 2.79. The monoisotopic (exact) mass is 605 g/mol. The Morgan fingerprint density at radius 3 is 0.905 bits per heavy atom. The lowest BCUT2D eigenvalue weighted by Crippen LogP contribution is -2.74. The molecule has 1 heterocycles. The van der Waals surface area contributed by atoms with E-state index in [0.717, 1.165) is 0 Å². The quantitative estimate of drug-likeness (QED) is 0.141. The third-order valence-corrected chi connectivity index (χ3v) is 14.8. The summed E-state index contributed by atoms with van der Waals surface area (Å²) in [6.45, 7) is 45.5. The summed E-state index contributed by atoms with van der Waals surface area (Å²) in [6, 6.07) is 0. The second-order valence-electron chi connectivity index (χ2n) is 19.3. The molecule has 250 valence electrons. The van der Waals surface area contributed by atoms with Gasteiger partial charge in [-0.2, -0.15) is 0 Å². The van der Waals surface area contributed by atoms with Crippen molar-refractivity contribution in [2.45, 2.75) is 191 Å². The van der Waals surface area contributed by atoms with Gasteiger partial charge in [0.05, 0.1) is 0 Å². The highest BCUT2D eigenvalue weighted by molar-refractivity contribution is 6.56. The molecular formula is C40H81AlO. The van der Waals surface area contributed by atoms with Gasteiger partial charge in [0.25, 0.3) is 0 Å². The Hall–Kier alpha value is 0.492. The van der Waals surface area contributed by atoms with Crippen LogP contribution in [-0.4, -0.2) is 20.1 Å². The van der Waals surface area contributed by atoms with Crippen molar-refractivity contribution in [1.29, 1.82) is 0 Å². The van der Waals surface area contributed by atoms with Crippen LogP contribution in [-0.2, 0) is 3.79 Å². The highest BCUT2D eigenvalue weighted by Gasteiger charge is 2.76. The Morgan fingerprint density at radius 1 is 0.357 bits per heavy atom. The van der Waals surface area contributed by atoms with E-state index in [0.29, 0.717) is 57.5 Å². The molecule has 0 bridgehead atoms. The van der Waals surface area contributed by atoms with Crippen molar-refractivity contribution in [2.24, 2.45) is 64.1 Å². The van der Waals surface area contributed by atoms with E-state index >= 15 is 0 Å². The average molecular weight is 605 g/mol. The number of hydrogen-bond donors (Lipinski definition) is 0. The maximum Gasteiger partial charge on any atom is 0.468 e. The topological polar surface area (TPSA) is 9.23 Å². The summed E-state index contributed by atoms with van der Waals surface area (Å²) in [7, 11) is 0. The van der Waals surface area contributed by atoms with Crippen LogP contribution < -0.4 is 0 Å². The second kappa shape index (κ2) is 16.4. The van der Waals surface area contributed by atoms with Crippen molar-refractivity contribution in [1.82, 2.24) is 0 Å². The van der Waals surface area contributed by atoms with Crippen LogP contribution in [0.2, 0.25) is 9.56 Å². The molecule has 1 aliphatic heterocycles. The molecule has 0 spiro atoms. The van der Waals surface area contributed by atoms with Gasteiger partial charge in [0.1, 0.15) is 0 Å². The molecule has 0 atom stereocenters. The van der Waals surface area contributed by atoms with Gasteiger partial charge in [-0.3, -0.25) is 0 Å². The fourth-order valence-electron chi connectivity index (χ4n) is 11.0. The van der Waals surface area contributed by atoms with Gasteiger partial charge in [0.2, 0.25) is 0 Å². The molecule has 0 aromatic carbocycles. The van der Waals surface area contributed by atoms with Crippen LogP contribution in [0.25, 0.3) is 0 Å². The lowest BCUT2D eigenvalue weighted by molar-refractivity contribution is -0.240. The molecular weight excluding hydrogens is 523 g/mol. The molecule has 0 saturated carbocycles. The number of rotatable bonds is 18. The van der Waals surface area contributed by atoms with Gasteiger partial charge in [0, 0.05) is 11.0 Å². The van der Waals surface area contributed by atoms with Crippen LogP contribution in [0.3, 0.4) is 0 Å². The van der Waals surface area contributed by atoms with Crippen LogP contribution in [0.5, 0.6) is 0 Å². The average Bonchev–Trinajstić information content (AvgIpc) is 2.72. The van der Waals surface area contributed by atoms with Gasteiger partial charge in [-0.05, 0) is 95.6 Å². The van der Waals surface area contributed by atoms with Crippen molar-refractivity contribution in [2.75, 3.05) is 0 Å². The zero-order valence-electron chi connectivity index (χ0n) is 32.5. The molecule has 0 N–H and O–H groups in total. The largest absolute Gasteiger partial charge is 0.495 e. The van der Waals surface area contributed by atoms with E-state index in [1.54, 1.807) is 0 Å². The van der Waals surface area contributed by atoms with Crippen LogP contribution in [0.1, 0.15) is 176 Å². The summed E-state index contributed by atoms with van der Waals surface area (Å²) in [5, 5.41) is 1.33. The van der Waals surface area contributed by atoms with E-state index < -0.39 is 14.5 Å². The molecule has 42 heavy (non-hydrogen) atoms. The maximum atomic E-state index is 8.40. The van der Waals surface area contributed by atoms with Crippen LogP contribution in [0, 0.1) is 64.1 Å². The molecule has 0 aromatic heterocycles. The third kappa shape index (κ3) is 9.28. The van der Waals surface area contributed by atoms with Crippen LogP contribution in [0.4, 0.5) is 0 Å². The van der Waals surface area contributed by atoms with Crippen molar-refractivity contribution >= 4 is 14.5 Å². The lowest BCUT2D eigenvalue weighted by Gasteiger charge is -2.76. The second-order valence-corrected chi connectivity index (χ2v) is 22.1. The Balaban J connectivity index is 4.74. The van der Waals surface area contributed by atoms with E-state index in [1.807, 2.05) is 0 Å². The highest BCUT2D eigenvalue weighted by atomic mass is 27.2. The number of hydrogen-bond acceptors (Lipinski definition) is 1. The fraction of sp³-hybridized carbons (Fsp3) is 1.00. The zero-order valence-corrected chi connectivity index (χ0v) is 33.7. The Bertz CT molecular complexity index is 716. The lowest BCUT2D eigenvalue weighted by atomic mass is 9.40. The SMILES string of the molecule is CC(C)[CH2][Al]1[O]C(CC(C)C)(CC(C)C)C(CC(C)C)(CC(C)C)C(CC(C)C)(CC(C)C)[C]1(CC(C)C)CC(C)C. The van der Waals surface area contributed by atoms with E-state index in [-0.39, 0.29) is 16.4 Å². The molecule has 0 radical (unpaired) electrons. The minimum Gasteiger partial charge on any atom is -0.495 e. The summed E-state index contributed by atoms with van der Waals surface area (Å²) in [5.74, 6) is 6.01. The molecule has 1 aliphatic rings. The predicted molar refractivity (Wildman–Crippen MR) is 192 cm³/mol. The standard InChI is InChI=1S/C36H72O.C4H9.Al/c1-25(2)17-33(18-26(3)4)34(19-27(5)6,20-28(7)8)35(21-29(9)10,22-30(11)12)36(37,23-31(13)14)24-32(15)16;1-4(2)3;/h25-32H,17-24H2,1-16H3;4H,1H2,2-3H3;/q-1;;+1. The molecule has 1 nitrogen and oxygen atoms in total. The summed E-state index contributed by atoms with van der Waals surface area (Å²) in [5.41, 5.74) is 0.395. The van der Waals surface area contributed by atoms with Gasteiger partial charge < -0.3 is 3.79 Å². The zero-order chi connectivity index (χ0) is 32.8. The van der Waals surface area contributed by atoms with Gasteiger partial charge in [0.15, 0.2) is 0 Å². The van der Waals surface area contributed by atoms with Crippen molar-refractivity contribution in [3.63, 3.8) is 0 Å². The molecule has 1 rings (SSSR count). The smallest absolute Gasteiger partial charge is 0.468 e. The van der Waals surface area contributed by atoms with E-state index in [2.05, 4.69) is 125 Å².